The number of thiol groups is 1. The Morgan fingerprint density at radius 1 is 1.00 bits per heavy atom. The molecule has 0 aliphatic heterocycles. The predicted molar refractivity (Wildman–Crippen MR) is 73.5 cm³/mol. The van der Waals surface area contributed by atoms with Gasteiger partial charge in [0.1, 0.15) is 0 Å². The zero-order valence-corrected chi connectivity index (χ0v) is 11.7. The van der Waals surface area contributed by atoms with Crippen molar-refractivity contribution in [1.29, 1.82) is 0 Å². The summed E-state index contributed by atoms with van der Waals surface area (Å²) in [5.74, 6) is 0. The van der Waals surface area contributed by atoms with Crippen LogP contribution in [0.25, 0.3) is 0 Å². The lowest BCUT2D eigenvalue weighted by atomic mass is 9.91. The van der Waals surface area contributed by atoms with E-state index in [9.17, 15) is 0 Å². The van der Waals surface area contributed by atoms with Gasteiger partial charge in [-0.15, -0.1) is 11.7 Å². The average Bonchev–Trinajstić information content (AvgIpc) is 2.20. The second-order valence-electron chi connectivity index (χ2n) is 4.78. The molecule has 15 heavy (non-hydrogen) atoms. The number of hydrogen-bond donors (Lipinski definition) is 3. The molecule has 1 rings (SSSR count). The molecule has 4 heteroatoms. The topological polar surface area (TPSA) is 24.1 Å². The first-order valence-corrected chi connectivity index (χ1v) is 7.87. The Morgan fingerprint density at radius 2 is 1.47 bits per heavy atom. The molecule has 2 N–H and O–H groups in total. The minimum Gasteiger partial charge on any atom is -0.312 e. The molecule has 1 atom stereocenters. The average molecular weight is 248 g/mol. The van der Waals surface area contributed by atoms with Crippen molar-refractivity contribution in [2.45, 2.75) is 70.0 Å². The fraction of sp³-hybridized carbons (Fsp3) is 1.00. The summed E-state index contributed by atoms with van der Waals surface area (Å²) >= 11 is 4.22. The normalized spacial score (nSPS) is 29.4. The SMILES string of the molecule is CC(C)N[C@H]1CC[C@H](NC(C)SS)CC1. The van der Waals surface area contributed by atoms with Crippen LogP contribution in [-0.2, 0) is 0 Å². The van der Waals surface area contributed by atoms with Crippen LogP contribution in [-0.4, -0.2) is 23.5 Å². The van der Waals surface area contributed by atoms with Gasteiger partial charge in [-0.2, -0.15) is 0 Å². The highest BCUT2D eigenvalue weighted by molar-refractivity contribution is 8.68. The maximum atomic E-state index is 4.22. The summed E-state index contributed by atoms with van der Waals surface area (Å²) in [4.78, 5) is 0. The Balaban J connectivity index is 2.18. The van der Waals surface area contributed by atoms with Gasteiger partial charge >= 0.3 is 0 Å². The third-order valence-electron chi connectivity index (χ3n) is 2.92. The van der Waals surface area contributed by atoms with Crippen LogP contribution in [0.1, 0.15) is 46.5 Å². The molecule has 0 saturated heterocycles. The van der Waals surface area contributed by atoms with Gasteiger partial charge < -0.3 is 10.6 Å². The first kappa shape index (κ1) is 13.7. The van der Waals surface area contributed by atoms with Gasteiger partial charge in [0, 0.05) is 18.1 Å². The molecule has 1 aliphatic carbocycles. The maximum absolute atomic E-state index is 4.22. The molecule has 0 aromatic rings. The summed E-state index contributed by atoms with van der Waals surface area (Å²) in [6.45, 7) is 6.63. The van der Waals surface area contributed by atoms with Gasteiger partial charge in [0.05, 0.1) is 5.37 Å². The molecule has 1 fully saturated rings. The first-order chi connectivity index (χ1) is 7.11. The lowest BCUT2D eigenvalue weighted by Gasteiger charge is -2.32. The van der Waals surface area contributed by atoms with Gasteiger partial charge in [0.2, 0.25) is 0 Å². The van der Waals surface area contributed by atoms with Gasteiger partial charge in [-0.05, 0) is 32.6 Å². The lowest BCUT2D eigenvalue weighted by Crippen LogP contribution is -2.43. The molecular weight excluding hydrogens is 224 g/mol. The minimum atomic E-state index is 0.466. The van der Waals surface area contributed by atoms with Crippen LogP contribution in [0.4, 0.5) is 0 Å². The Hall–Kier alpha value is 0.620. The summed E-state index contributed by atoms with van der Waals surface area (Å²) < 4.78 is 0. The minimum absolute atomic E-state index is 0.466. The highest BCUT2D eigenvalue weighted by Crippen LogP contribution is 2.21. The van der Waals surface area contributed by atoms with Crippen LogP contribution in [0.2, 0.25) is 0 Å². The third-order valence-corrected chi connectivity index (χ3v) is 4.33. The van der Waals surface area contributed by atoms with Crippen molar-refractivity contribution in [3.63, 3.8) is 0 Å². The van der Waals surface area contributed by atoms with Crippen molar-refractivity contribution >= 4 is 22.5 Å². The second kappa shape index (κ2) is 7.05. The van der Waals surface area contributed by atoms with E-state index in [0.717, 1.165) is 6.04 Å². The van der Waals surface area contributed by atoms with Crippen LogP contribution in [0.3, 0.4) is 0 Å². The molecule has 2 nitrogen and oxygen atoms in total. The van der Waals surface area contributed by atoms with Crippen LogP contribution < -0.4 is 10.6 Å². The van der Waals surface area contributed by atoms with Crippen LogP contribution in [0, 0.1) is 0 Å². The van der Waals surface area contributed by atoms with Crippen molar-refractivity contribution in [2.75, 3.05) is 0 Å². The van der Waals surface area contributed by atoms with E-state index >= 15 is 0 Å². The van der Waals surface area contributed by atoms with E-state index in [1.807, 2.05) is 0 Å². The molecule has 0 bridgehead atoms. The molecule has 1 saturated carbocycles. The molecule has 0 radical (unpaired) electrons. The summed E-state index contributed by atoms with van der Waals surface area (Å²) in [6, 6.07) is 2.05. The monoisotopic (exact) mass is 248 g/mol. The van der Waals surface area contributed by atoms with E-state index in [1.165, 1.54) is 25.7 Å². The van der Waals surface area contributed by atoms with Gasteiger partial charge in [-0.25, -0.2) is 0 Å². The highest BCUT2D eigenvalue weighted by atomic mass is 33.1. The van der Waals surface area contributed by atoms with Gasteiger partial charge in [0.25, 0.3) is 0 Å². The molecule has 0 aromatic heterocycles. The summed E-state index contributed by atoms with van der Waals surface area (Å²) in [7, 11) is 1.60. The maximum Gasteiger partial charge on any atom is 0.0607 e. The van der Waals surface area contributed by atoms with Crippen LogP contribution in [0.15, 0.2) is 0 Å². The smallest absolute Gasteiger partial charge is 0.0607 e. The van der Waals surface area contributed by atoms with Crippen molar-refractivity contribution in [2.24, 2.45) is 0 Å². The Labute approximate surface area is 103 Å². The van der Waals surface area contributed by atoms with Crippen molar-refractivity contribution in [3.8, 4) is 0 Å². The summed E-state index contributed by atoms with van der Waals surface area (Å²) in [6.07, 6.45) is 5.20. The van der Waals surface area contributed by atoms with E-state index in [0.29, 0.717) is 17.5 Å². The first-order valence-electron chi connectivity index (χ1n) is 5.94. The lowest BCUT2D eigenvalue weighted by molar-refractivity contribution is 0.295. The molecule has 0 aromatic carbocycles. The molecule has 0 heterocycles. The summed E-state index contributed by atoms with van der Waals surface area (Å²) in [5.41, 5.74) is 0. The van der Waals surface area contributed by atoms with Crippen molar-refractivity contribution in [3.05, 3.63) is 0 Å². The molecule has 0 spiro atoms. The number of nitrogens with one attached hydrogen (secondary N) is 2. The zero-order chi connectivity index (χ0) is 11.3. The molecule has 0 amide bonds. The fourth-order valence-corrected chi connectivity index (χ4v) is 2.70. The van der Waals surface area contributed by atoms with Crippen molar-refractivity contribution < 1.29 is 0 Å². The summed E-state index contributed by atoms with van der Waals surface area (Å²) in [5, 5.41) is 7.69. The predicted octanol–water partition coefficient (Wildman–Crippen LogP) is 2.81. The Bertz CT molecular complexity index is 168. The third kappa shape index (κ3) is 5.48. The number of rotatable bonds is 5. The van der Waals surface area contributed by atoms with Gasteiger partial charge in [-0.3, -0.25) is 0 Å². The number of hydrogen-bond acceptors (Lipinski definition) is 4. The van der Waals surface area contributed by atoms with Gasteiger partial charge in [-0.1, -0.05) is 24.6 Å². The molecule has 1 unspecified atom stereocenters. The van der Waals surface area contributed by atoms with E-state index < -0.39 is 0 Å². The standard InChI is InChI=1S/C11H24N2S2/c1-8(2)12-10-4-6-11(7-5-10)13-9(3)15-14/h8-14H,4-7H2,1-3H3/t9?,10-,11-. The molecular formula is C11H24N2S2. The molecule has 1 aliphatic rings. The molecule has 90 valence electrons. The fourth-order valence-electron chi connectivity index (χ4n) is 2.26. The van der Waals surface area contributed by atoms with E-state index in [-0.39, 0.29) is 0 Å². The van der Waals surface area contributed by atoms with Crippen LogP contribution >= 0.6 is 22.5 Å². The Kier molecular flexibility index (Phi) is 6.43. The Morgan fingerprint density at radius 3 is 1.87 bits per heavy atom. The largest absolute Gasteiger partial charge is 0.312 e. The second-order valence-corrected chi connectivity index (χ2v) is 6.33. The van der Waals surface area contributed by atoms with E-state index in [4.69, 9.17) is 0 Å². The van der Waals surface area contributed by atoms with Crippen molar-refractivity contribution in [1.82, 2.24) is 10.6 Å². The zero-order valence-electron chi connectivity index (χ0n) is 9.99. The van der Waals surface area contributed by atoms with E-state index in [2.05, 4.69) is 43.1 Å². The van der Waals surface area contributed by atoms with E-state index in [1.54, 1.807) is 10.8 Å². The van der Waals surface area contributed by atoms with Gasteiger partial charge in [0.15, 0.2) is 0 Å². The quantitative estimate of drug-likeness (QED) is 0.396. The highest BCUT2D eigenvalue weighted by Gasteiger charge is 2.21. The van der Waals surface area contributed by atoms with Crippen LogP contribution in [0.5, 0.6) is 0 Å².